The van der Waals surface area contributed by atoms with E-state index in [1.165, 1.54) is 0 Å². The van der Waals surface area contributed by atoms with Crippen LogP contribution in [0.4, 0.5) is 0 Å². The monoisotopic (exact) mass is 345 g/mol. The molecule has 0 aliphatic rings. The van der Waals surface area contributed by atoms with Crippen molar-refractivity contribution in [3.8, 4) is 5.75 Å². The zero-order chi connectivity index (χ0) is 18.1. The molecule has 0 saturated carbocycles. The van der Waals surface area contributed by atoms with Crippen LogP contribution in [0, 0.1) is 0 Å². The van der Waals surface area contributed by atoms with Crippen LogP contribution in [0.25, 0.3) is 0 Å². The summed E-state index contributed by atoms with van der Waals surface area (Å²) in [6.07, 6.45) is 5.92. The highest BCUT2D eigenvalue weighted by molar-refractivity contribution is 5.98. The van der Waals surface area contributed by atoms with E-state index < -0.39 is 12.0 Å². The van der Waals surface area contributed by atoms with Crippen LogP contribution in [0.5, 0.6) is 5.75 Å². The standard InChI is InChI=1S/C18H23N3O4/c1-2-25-15-6-4-14(5-7-15)17(22)12-16(18(23)24)20-8-3-10-21-11-9-19-13-21/h4-7,9,11,13,16,20H,2-3,8,10,12H2,1H3,(H,23,24). The number of ketones is 1. The average Bonchev–Trinajstić information content (AvgIpc) is 3.11. The molecule has 1 heterocycles. The lowest BCUT2D eigenvalue weighted by molar-refractivity contribution is -0.139. The number of imidazole rings is 1. The fourth-order valence-electron chi connectivity index (χ4n) is 2.41. The number of aromatic nitrogens is 2. The minimum atomic E-state index is -1.03. The molecule has 0 bridgehead atoms. The number of carbonyl (C=O) groups is 2. The van der Waals surface area contributed by atoms with Gasteiger partial charge in [-0.2, -0.15) is 0 Å². The molecule has 0 fully saturated rings. The van der Waals surface area contributed by atoms with Gasteiger partial charge in [-0.1, -0.05) is 0 Å². The molecule has 1 atom stereocenters. The number of benzene rings is 1. The van der Waals surface area contributed by atoms with Crippen LogP contribution >= 0.6 is 0 Å². The summed E-state index contributed by atoms with van der Waals surface area (Å²) in [6, 6.07) is 5.84. The van der Waals surface area contributed by atoms with Gasteiger partial charge in [0.15, 0.2) is 5.78 Å². The Morgan fingerprint density at radius 3 is 2.68 bits per heavy atom. The van der Waals surface area contributed by atoms with Crippen molar-refractivity contribution >= 4 is 11.8 Å². The second kappa shape index (κ2) is 9.58. The number of Topliss-reactive ketones (excluding diaryl/α,β-unsaturated/α-hetero) is 1. The maximum absolute atomic E-state index is 12.3. The van der Waals surface area contributed by atoms with E-state index in [2.05, 4.69) is 10.3 Å². The second-order valence-corrected chi connectivity index (χ2v) is 5.58. The first-order valence-electron chi connectivity index (χ1n) is 8.28. The van der Waals surface area contributed by atoms with Crippen molar-refractivity contribution in [1.82, 2.24) is 14.9 Å². The number of ether oxygens (including phenoxy) is 1. The molecule has 0 saturated heterocycles. The normalized spacial score (nSPS) is 11.9. The first kappa shape index (κ1) is 18.7. The van der Waals surface area contributed by atoms with Crippen molar-refractivity contribution in [3.05, 3.63) is 48.5 Å². The molecule has 0 aliphatic heterocycles. The van der Waals surface area contributed by atoms with E-state index in [-0.39, 0.29) is 12.2 Å². The first-order valence-corrected chi connectivity index (χ1v) is 8.28. The molecule has 0 spiro atoms. The van der Waals surface area contributed by atoms with E-state index in [1.54, 1.807) is 36.8 Å². The number of carboxylic acids is 1. The summed E-state index contributed by atoms with van der Waals surface area (Å²) in [7, 11) is 0. The van der Waals surface area contributed by atoms with Crippen molar-refractivity contribution in [2.24, 2.45) is 0 Å². The molecule has 1 aromatic carbocycles. The maximum Gasteiger partial charge on any atom is 0.321 e. The summed E-state index contributed by atoms with van der Waals surface area (Å²) in [6.45, 7) is 3.68. The molecule has 0 aliphatic carbocycles. The summed E-state index contributed by atoms with van der Waals surface area (Å²) in [5.74, 6) is -0.550. The SMILES string of the molecule is CCOc1ccc(C(=O)CC(NCCCn2ccnc2)C(=O)O)cc1. The van der Waals surface area contributed by atoms with Gasteiger partial charge in [0.25, 0.3) is 0 Å². The van der Waals surface area contributed by atoms with Crippen molar-refractivity contribution in [1.29, 1.82) is 0 Å². The fraction of sp³-hybridized carbons (Fsp3) is 0.389. The lowest BCUT2D eigenvalue weighted by Gasteiger charge is -2.14. The Bertz CT molecular complexity index is 668. The van der Waals surface area contributed by atoms with E-state index in [9.17, 15) is 14.7 Å². The van der Waals surface area contributed by atoms with E-state index in [4.69, 9.17) is 4.74 Å². The average molecular weight is 345 g/mol. The van der Waals surface area contributed by atoms with Gasteiger partial charge in [0, 0.05) is 30.9 Å². The molecule has 1 aromatic heterocycles. The minimum Gasteiger partial charge on any atom is -0.494 e. The van der Waals surface area contributed by atoms with Gasteiger partial charge in [-0.15, -0.1) is 0 Å². The predicted molar refractivity (Wildman–Crippen MR) is 92.8 cm³/mol. The van der Waals surface area contributed by atoms with Crippen LogP contribution in [0.3, 0.4) is 0 Å². The minimum absolute atomic E-state index is 0.0889. The molecule has 2 aromatic rings. The Labute approximate surface area is 146 Å². The molecule has 2 N–H and O–H groups in total. The number of hydrogen-bond acceptors (Lipinski definition) is 5. The van der Waals surface area contributed by atoms with Gasteiger partial charge in [0.05, 0.1) is 12.9 Å². The van der Waals surface area contributed by atoms with Gasteiger partial charge >= 0.3 is 5.97 Å². The molecule has 134 valence electrons. The quantitative estimate of drug-likeness (QED) is 0.478. The third-order valence-electron chi connectivity index (χ3n) is 3.72. The van der Waals surface area contributed by atoms with Gasteiger partial charge in [-0.25, -0.2) is 4.98 Å². The molecule has 0 amide bonds. The summed E-state index contributed by atoms with van der Waals surface area (Å²) in [5.41, 5.74) is 0.481. The first-order chi connectivity index (χ1) is 12.1. The van der Waals surface area contributed by atoms with E-state index in [1.807, 2.05) is 17.7 Å². The third kappa shape index (κ3) is 6.04. The van der Waals surface area contributed by atoms with Crippen molar-refractivity contribution in [3.63, 3.8) is 0 Å². The van der Waals surface area contributed by atoms with E-state index in [0.717, 1.165) is 13.0 Å². The smallest absolute Gasteiger partial charge is 0.321 e. The van der Waals surface area contributed by atoms with Crippen molar-refractivity contribution in [2.45, 2.75) is 32.4 Å². The van der Waals surface area contributed by atoms with Crippen LogP contribution in [0.15, 0.2) is 43.0 Å². The lowest BCUT2D eigenvalue weighted by Crippen LogP contribution is -2.39. The van der Waals surface area contributed by atoms with Crippen LogP contribution in [-0.2, 0) is 11.3 Å². The summed E-state index contributed by atoms with van der Waals surface area (Å²) < 4.78 is 7.25. The summed E-state index contributed by atoms with van der Waals surface area (Å²) in [4.78, 5) is 27.6. The Morgan fingerprint density at radius 1 is 1.32 bits per heavy atom. The molecule has 1 unspecified atom stereocenters. The van der Waals surface area contributed by atoms with Gasteiger partial charge in [-0.3, -0.25) is 9.59 Å². The lowest BCUT2D eigenvalue weighted by atomic mass is 10.0. The fourth-order valence-corrected chi connectivity index (χ4v) is 2.41. The summed E-state index contributed by atoms with van der Waals surface area (Å²) >= 11 is 0. The van der Waals surface area contributed by atoms with Crippen LogP contribution in [0.1, 0.15) is 30.1 Å². The van der Waals surface area contributed by atoms with Crippen LogP contribution < -0.4 is 10.1 Å². The number of hydrogen-bond donors (Lipinski definition) is 2. The van der Waals surface area contributed by atoms with Crippen molar-refractivity contribution < 1.29 is 19.4 Å². The zero-order valence-electron chi connectivity index (χ0n) is 14.2. The molecule has 7 heteroatoms. The van der Waals surface area contributed by atoms with Crippen molar-refractivity contribution in [2.75, 3.05) is 13.2 Å². The van der Waals surface area contributed by atoms with Crippen LogP contribution in [0.2, 0.25) is 0 Å². The number of nitrogens with one attached hydrogen (secondary N) is 1. The van der Waals surface area contributed by atoms with E-state index >= 15 is 0 Å². The molecule has 7 nitrogen and oxygen atoms in total. The van der Waals surface area contributed by atoms with Gasteiger partial charge in [0.2, 0.25) is 0 Å². The highest BCUT2D eigenvalue weighted by Gasteiger charge is 2.21. The Kier molecular flexibility index (Phi) is 7.16. The third-order valence-corrected chi connectivity index (χ3v) is 3.72. The molecule has 25 heavy (non-hydrogen) atoms. The van der Waals surface area contributed by atoms with Gasteiger partial charge in [0.1, 0.15) is 11.8 Å². The molecule has 2 rings (SSSR count). The number of nitrogens with zero attached hydrogens (tertiary/aromatic N) is 2. The van der Waals surface area contributed by atoms with Crippen LogP contribution in [-0.4, -0.2) is 45.6 Å². The molecule has 0 radical (unpaired) electrons. The van der Waals surface area contributed by atoms with E-state index in [0.29, 0.717) is 24.5 Å². The maximum atomic E-state index is 12.3. The number of rotatable bonds is 11. The largest absolute Gasteiger partial charge is 0.494 e. The number of aliphatic carboxylic acids is 1. The topological polar surface area (TPSA) is 93.5 Å². The highest BCUT2D eigenvalue weighted by Crippen LogP contribution is 2.14. The number of carboxylic acid groups (broad SMARTS) is 1. The van der Waals surface area contributed by atoms with Gasteiger partial charge < -0.3 is 19.7 Å². The summed E-state index contributed by atoms with van der Waals surface area (Å²) in [5, 5.41) is 12.3. The van der Waals surface area contributed by atoms with Gasteiger partial charge in [-0.05, 0) is 44.2 Å². The number of carbonyl (C=O) groups excluding carboxylic acids is 1. The second-order valence-electron chi connectivity index (χ2n) is 5.58. The Balaban J connectivity index is 1.82. The zero-order valence-corrected chi connectivity index (χ0v) is 14.2. The Hall–Kier alpha value is -2.67. The predicted octanol–water partition coefficient (Wildman–Crippen LogP) is 1.99. The molecular formula is C18H23N3O4. The Morgan fingerprint density at radius 2 is 2.08 bits per heavy atom. The number of aryl methyl sites for hydroxylation is 1. The molecular weight excluding hydrogens is 322 g/mol. The highest BCUT2D eigenvalue weighted by atomic mass is 16.5.